The van der Waals surface area contributed by atoms with E-state index in [4.69, 9.17) is 14.8 Å². The molecule has 38 heavy (non-hydrogen) atoms. The average Bonchev–Trinajstić information content (AvgIpc) is 3.27. The smallest absolute Gasteiger partial charge is 0.282 e. The molecule has 6 heteroatoms. The highest BCUT2D eigenvalue weighted by atomic mass is 16.5. The van der Waals surface area contributed by atoms with E-state index in [1.165, 1.54) is 4.68 Å². The number of para-hydroxylation sites is 2. The average molecular weight is 507 g/mol. The molecule has 5 aromatic rings. The molecule has 0 spiro atoms. The first-order valence-electron chi connectivity index (χ1n) is 13.2. The van der Waals surface area contributed by atoms with E-state index in [1.54, 1.807) is 12.3 Å². The summed E-state index contributed by atoms with van der Waals surface area (Å²) in [7, 11) is 0. The van der Waals surface area contributed by atoms with Gasteiger partial charge in [0, 0.05) is 34.3 Å². The van der Waals surface area contributed by atoms with Crippen molar-refractivity contribution < 1.29 is 4.74 Å². The van der Waals surface area contributed by atoms with E-state index in [0.717, 1.165) is 38.9 Å². The first kappa shape index (κ1) is 25.5. The lowest BCUT2D eigenvalue weighted by Gasteiger charge is -2.18. The Bertz CT molecular complexity index is 1720. The molecule has 0 atom stereocenters. The van der Waals surface area contributed by atoms with Crippen molar-refractivity contribution in [3.05, 3.63) is 93.9 Å². The van der Waals surface area contributed by atoms with Crippen LogP contribution in [0, 0.1) is 6.92 Å². The molecule has 0 unspecified atom stereocenters. The van der Waals surface area contributed by atoms with E-state index < -0.39 is 0 Å². The Hall–Kier alpha value is -4.19. The molecular formula is C32H34N4O2. The highest BCUT2D eigenvalue weighted by molar-refractivity contribution is 5.99. The quantitative estimate of drug-likeness (QED) is 0.217. The van der Waals surface area contributed by atoms with Crippen LogP contribution in [0.4, 0.5) is 0 Å². The number of fused-ring (bicyclic) bond motifs is 2. The lowest BCUT2D eigenvalue weighted by molar-refractivity contribution is 0.335. The lowest BCUT2D eigenvalue weighted by Crippen LogP contribution is -2.20. The molecule has 3 aromatic carbocycles. The van der Waals surface area contributed by atoms with Gasteiger partial charge in [0.15, 0.2) is 5.82 Å². The van der Waals surface area contributed by atoms with Crippen molar-refractivity contribution in [3.63, 3.8) is 0 Å². The molecule has 0 saturated carbocycles. The lowest BCUT2D eigenvalue weighted by atomic mass is 9.96. The van der Waals surface area contributed by atoms with Gasteiger partial charge in [0.05, 0.1) is 23.7 Å². The van der Waals surface area contributed by atoms with Gasteiger partial charge in [0.1, 0.15) is 5.75 Å². The molecular weight excluding hydrogens is 472 g/mol. The standard InChI is InChI=1S/C32H34N4O2/c1-7-38-30-16-22(6)27(17-26(30)20(2)3)31-34-28-14-10-8-13-25(28)32(37)36(31)33-18-23-19-35(21(4)5)29-15-11-9-12-24(23)29/h8-21H,7H2,1-6H3. The molecule has 0 radical (unpaired) electrons. The molecule has 0 amide bonds. The molecule has 6 nitrogen and oxygen atoms in total. The maximum absolute atomic E-state index is 13.8. The summed E-state index contributed by atoms with van der Waals surface area (Å²) in [5.74, 6) is 1.62. The zero-order valence-electron chi connectivity index (χ0n) is 22.9. The van der Waals surface area contributed by atoms with Crippen LogP contribution in [-0.2, 0) is 0 Å². The fraction of sp³-hybridized carbons (Fsp3) is 0.281. The van der Waals surface area contributed by atoms with Crippen LogP contribution in [0.2, 0.25) is 0 Å². The van der Waals surface area contributed by atoms with Crippen molar-refractivity contribution in [1.29, 1.82) is 0 Å². The van der Waals surface area contributed by atoms with Crippen molar-refractivity contribution in [2.24, 2.45) is 5.10 Å². The minimum Gasteiger partial charge on any atom is -0.494 e. The Morgan fingerprint density at radius 1 is 1.00 bits per heavy atom. The minimum absolute atomic E-state index is 0.200. The third-order valence-corrected chi connectivity index (χ3v) is 6.91. The van der Waals surface area contributed by atoms with Gasteiger partial charge in [-0.05, 0) is 75.1 Å². The Morgan fingerprint density at radius 2 is 1.71 bits per heavy atom. The molecule has 0 aliphatic heterocycles. The SMILES string of the molecule is CCOc1cc(C)c(-c2nc3ccccc3c(=O)n2N=Cc2cn(C(C)C)c3ccccc23)cc1C(C)C. The van der Waals surface area contributed by atoms with Gasteiger partial charge in [-0.2, -0.15) is 9.78 Å². The predicted molar refractivity (Wildman–Crippen MR) is 157 cm³/mol. The molecule has 0 aliphatic rings. The van der Waals surface area contributed by atoms with Crippen LogP contribution in [-0.4, -0.2) is 27.0 Å². The number of hydrogen-bond acceptors (Lipinski definition) is 4. The molecule has 0 aliphatic carbocycles. The van der Waals surface area contributed by atoms with Crippen molar-refractivity contribution in [1.82, 2.24) is 14.2 Å². The molecule has 2 aromatic heterocycles. The number of ether oxygens (including phenoxy) is 1. The van der Waals surface area contributed by atoms with E-state index in [9.17, 15) is 4.79 Å². The van der Waals surface area contributed by atoms with Crippen LogP contribution in [0.15, 0.2) is 76.8 Å². The molecule has 0 saturated heterocycles. The fourth-order valence-electron chi connectivity index (χ4n) is 4.96. The highest BCUT2D eigenvalue weighted by Crippen LogP contribution is 2.34. The highest BCUT2D eigenvalue weighted by Gasteiger charge is 2.19. The zero-order chi connectivity index (χ0) is 27.0. The van der Waals surface area contributed by atoms with Gasteiger partial charge in [0.25, 0.3) is 5.56 Å². The summed E-state index contributed by atoms with van der Waals surface area (Å²) in [6.45, 7) is 13.2. The van der Waals surface area contributed by atoms with Gasteiger partial charge in [0.2, 0.25) is 0 Å². The summed E-state index contributed by atoms with van der Waals surface area (Å²) in [5.41, 5.74) is 5.44. The van der Waals surface area contributed by atoms with Crippen LogP contribution < -0.4 is 10.3 Å². The number of aryl methyl sites for hydroxylation is 1. The summed E-state index contributed by atoms with van der Waals surface area (Å²) in [6.07, 6.45) is 3.87. The van der Waals surface area contributed by atoms with Gasteiger partial charge in [-0.1, -0.05) is 44.2 Å². The summed E-state index contributed by atoms with van der Waals surface area (Å²) < 4.78 is 9.61. The van der Waals surface area contributed by atoms with E-state index in [-0.39, 0.29) is 11.5 Å². The van der Waals surface area contributed by atoms with E-state index in [0.29, 0.717) is 29.4 Å². The normalized spacial score (nSPS) is 12.0. The van der Waals surface area contributed by atoms with Crippen molar-refractivity contribution in [2.45, 2.75) is 53.5 Å². The van der Waals surface area contributed by atoms with Crippen LogP contribution in [0.25, 0.3) is 33.2 Å². The zero-order valence-corrected chi connectivity index (χ0v) is 22.9. The maximum Gasteiger partial charge on any atom is 0.282 e. The topological polar surface area (TPSA) is 61.4 Å². The Kier molecular flexibility index (Phi) is 6.89. The number of hydrogen-bond donors (Lipinski definition) is 0. The van der Waals surface area contributed by atoms with Crippen molar-refractivity contribution >= 4 is 28.0 Å². The summed E-state index contributed by atoms with van der Waals surface area (Å²) in [6, 6.07) is 20.1. The number of benzene rings is 3. The van der Waals surface area contributed by atoms with Gasteiger partial charge < -0.3 is 9.30 Å². The Balaban J connectivity index is 1.75. The number of nitrogens with zero attached hydrogens (tertiary/aromatic N) is 4. The van der Waals surface area contributed by atoms with E-state index >= 15 is 0 Å². The first-order valence-corrected chi connectivity index (χ1v) is 13.2. The van der Waals surface area contributed by atoms with Gasteiger partial charge in [-0.25, -0.2) is 4.98 Å². The van der Waals surface area contributed by atoms with Crippen LogP contribution >= 0.6 is 0 Å². The van der Waals surface area contributed by atoms with Gasteiger partial charge >= 0.3 is 0 Å². The number of aromatic nitrogens is 3. The Morgan fingerprint density at radius 3 is 2.42 bits per heavy atom. The second-order valence-electron chi connectivity index (χ2n) is 10.2. The fourth-order valence-corrected chi connectivity index (χ4v) is 4.96. The van der Waals surface area contributed by atoms with Crippen LogP contribution in [0.3, 0.4) is 0 Å². The second kappa shape index (κ2) is 10.3. The van der Waals surface area contributed by atoms with Crippen LogP contribution in [0.1, 0.15) is 63.3 Å². The van der Waals surface area contributed by atoms with Gasteiger partial charge in [-0.15, -0.1) is 0 Å². The van der Waals surface area contributed by atoms with E-state index in [1.807, 2.05) is 50.2 Å². The first-order chi connectivity index (χ1) is 18.3. The Labute approximate surface area is 223 Å². The third kappa shape index (κ3) is 4.51. The summed E-state index contributed by atoms with van der Waals surface area (Å²) in [4.78, 5) is 18.8. The maximum atomic E-state index is 13.8. The molecule has 2 heterocycles. The third-order valence-electron chi connectivity index (χ3n) is 6.91. The van der Waals surface area contributed by atoms with Gasteiger partial charge in [-0.3, -0.25) is 4.79 Å². The summed E-state index contributed by atoms with van der Waals surface area (Å²) >= 11 is 0. The molecule has 0 N–H and O–H groups in total. The van der Waals surface area contributed by atoms with E-state index in [2.05, 4.69) is 56.7 Å². The van der Waals surface area contributed by atoms with Crippen molar-refractivity contribution in [3.8, 4) is 17.1 Å². The molecule has 0 fully saturated rings. The molecule has 194 valence electrons. The summed E-state index contributed by atoms with van der Waals surface area (Å²) in [5, 5.41) is 6.40. The minimum atomic E-state index is -0.200. The molecule has 5 rings (SSSR count). The largest absolute Gasteiger partial charge is 0.494 e. The van der Waals surface area contributed by atoms with Crippen LogP contribution in [0.5, 0.6) is 5.75 Å². The molecule has 0 bridgehead atoms. The monoisotopic (exact) mass is 506 g/mol. The predicted octanol–water partition coefficient (Wildman–Crippen LogP) is 7.31. The van der Waals surface area contributed by atoms with Crippen molar-refractivity contribution in [2.75, 3.05) is 6.61 Å². The second-order valence-corrected chi connectivity index (χ2v) is 10.2. The number of rotatable bonds is 7.